The van der Waals surface area contributed by atoms with Gasteiger partial charge < -0.3 is 15.3 Å². The molecule has 2 aliphatic rings. The molecule has 3 aromatic heterocycles. The highest BCUT2D eigenvalue weighted by atomic mass is 35.5. The van der Waals surface area contributed by atoms with Gasteiger partial charge in [-0.3, -0.25) is 19.5 Å². The summed E-state index contributed by atoms with van der Waals surface area (Å²) in [7, 11) is 0. The monoisotopic (exact) mass is 672 g/mol. The van der Waals surface area contributed by atoms with Gasteiger partial charge in [-0.25, -0.2) is 9.97 Å². The van der Waals surface area contributed by atoms with E-state index >= 15 is 0 Å². The van der Waals surface area contributed by atoms with Crippen LogP contribution >= 0.6 is 34.5 Å². The standard InChI is InChI=1S/C34H30Cl2N6O3S/c1-19-23(4-2-5-24(19)33-40-27-17-42(29(43)13-35)18-28(27)46-33)25-6-3-7-26(30(25)36)39-32-31-21(8-10-37-32)12-20(14-38-31)15-41-11-9-22(16-41)34(44)45/h2-8,10,12,14,22H,9,11,13,15-18H2,1H3,(H,37,39)(H,44,45)/t22-/m1/s1. The molecule has 0 aliphatic carbocycles. The lowest BCUT2D eigenvalue weighted by Gasteiger charge is -2.17. The Morgan fingerprint density at radius 1 is 1.09 bits per heavy atom. The largest absolute Gasteiger partial charge is 0.481 e. The number of alkyl halides is 1. The molecule has 234 valence electrons. The van der Waals surface area contributed by atoms with Crippen LogP contribution < -0.4 is 5.32 Å². The number of rotatable bonds is 8. The zero-order valence-corrected chi connectivity index (χ0v) is 27.3. The molecule has 9 nitrogen and oxygen atoms in total. The van der Waals surface area contributed by atoms with Crippen molar-refractivity contribution < 1.29 is 14.7 Å². The number of carboxylic acids is 1. The van der Waals surface area contributed by atoms with Crippen molar-refractivity contribution in [2.24, 2.45) is 5.92 Å². The molecule has 7 rings (SSSR count). The number of hydrogen-bond acceptors (Lipinski definition) is 8. The van der Waals surface area contributed by atoms with E-state index in [1.165, 1.54) is 0 Å². The lowest BCUT2D eigenvalue weighted by molar-refractivity contribution is -0.141. The number of carbonyl (C=O) groups excluding carboxylic acids is 1. The molecule has 0 saturated carbocycles. The van der Waals surface area contributed by atoms with Gasteiger partial charge in [-0.05, 0) is 54.8 Å². The minimum absolute atomic E-state index is 0.0254. The fraction of sp³-hybridized carbons (Fsp3) is 0.265. The number of amides is 1. The molecule has 2 N–H and O–H groups in total. The van der Waals surface area contributed by atoms with E-state index in [0.29, 0.717) is 49.1 Å². The Morgan fingerprint density at radius 2 is 1.89 bits per heavy atom. The second-order valence-electron chi connectivity index (χ2n) is 11.7. The van der Waals surface area contributed by atoms with Gasteiger partial charge in [0.25, 0.3) is 0 Å². The predicted octanol–water partition coefficient (Wildman–Crippen LogP) is 7.11. The van der Waals surface area contributed by atoms with E-state index < -0.39 is 5.97 Å². The highest BCUT2D eigenvalue weighted by Crippen LogP contribution is 2.41. The molecule has 0 bridgehead atoms. The van der Waals surface area contributed by atoms with E-state index in [1.54, 1.807) is 22.4 Å². The third kappa shape index (κ3) is 5.82. The number of carbonyl (C=O) groups is 2. The first-order valence-electron chi connectivity index (χ1n) is 15.0. The topological polar surface area (TPSA) is 112 Å². The second-order valence-corrected chi connectivity index (χ2v) is 13.4. The highest BCUT2D eigenvalue weighted by molar-refractivity contribution is 7.15. The molecule has 0 radical (unpaired) electrons. The van der Waals surface area contributed by atoms with Gasteiger partial charge in [0.15, 0.2) is 5.82 Å². The number of pyridine rings is 2. The van der Waals surface area contributed by atoms with Crippen LogP contribution in [0.4, 0.5) is 11.5 Å². The van der Waals surface area contributed by atoms with Crippen LogP contribution in [0.5, 0.6) is 0 Å². The summed E-state index contributed by atoms with van der Waals surface area (Å²) in [5, 5.41) is 15.2. The normalized spacial score (nSPS) is 16.2. The Bertz CT molecular complexity index is 1980. The summed E-state index contributed by atoms with van der Waals surface area (Å²) in [4.78, 5) is 42.6. The van der Waals surface area contributed by atoms with Crippen molar-refractivity contribution in [1.82, 2.24) is 24.8 Å². The summed E-state index contributed by atoms with van der Waals surface area (Å²) in [6.07, 6.45) is 4.24. The summed E-state index contributed by atoms with van der Waals surface area (Å²) in [6.45, 7) is 5.07. The number of nitrogens with zero attached hydrogens (tertiary/aromatic N) is 5. The van der Waals surface area contributed by atoms with Crippen LogP contribution in [0, 0.1) is 12.8 Å². The molecule has 1 fully saturated rings. The molecule has 0 spiro atoms. The maximum absolute atomic E-state index is 12.1. The van der Waals surface area contributed by atoms with Crippen molar-refractivity contribution in [2.45, 2.75) is 33.0 Å². The zero-order valence-electron chi connectivity index (χ0n) is 25.0. The summed E-state index contributed by atoms with van der Waals surface area (Å²) in [5.74, 6) is -0.552. The Labute approximate surface area is 279 Å². The number of aliphatic carboxylic acids is 1. The van der Waals surface area contributed by atoms with E-state index in [1.807, 2.05) is 36.5 Å². The molecule has 5 heterocycles. The van der Waals surface area contributed by atoms with Gasteiger partial charge in [-0.2, -0.15) is 0 Å². The minimum Gasteiger partial charge on any atom is -0.481 e. The molecule has 1 saturated heterocycles. The Kier molecular flexibility index (Phi) is 8.37. The summed E-state index contributed by atoms with van der Waals surface area (Å²) < 4.78 is 0. The maximum atomic E-state index is 12.1. The molecule has 2 aromatic carbocycles. The van der Waals surface area contributed by atoms with Gasteiger partial charge in [0.2, 0.25) is 5.91 Å². The third-order valence-corrected chi connectivity index (χ3v) is 10.5. The van der Waals surface area contributed by atoms with Crippen LogP contribution in [0.3, 0.4) is 0 Å². The quantitative estimate of drug-likeness (QED) is 0.168. The second kappa shape index (κ2) is 12.6. The van der Waals surface area contributed by atoms with Crippen LogP contribution in [0.15, 0.2) is 60.9 Å². The van der Waals surface area contributed by atoms with Crippen molar-refractivity contribution >= 4 is 68.8 Å². The van der Waals surface area contributed by atoms with E-state index in [9.17, 15) is 14.7 Å². The Morgan fingerprint density at radius 3 is 2.67 bits per heavy atom. The number of halogens is 2. The molecular formula is C34H30Cl2N6O3S. The fourth-order valence-corrected chi connectivity index (χ4v) is 7.87. The number of carboxylic acid groups (broad SMARTS) is 1. The third-order valence-electron chi connectivity index (χ3n) is 8.71. The van der Waals surface area contributed by atoms with Crippen molar-refractivity contribution in [3.8, 4) is 21.7 Å². The molecule has 0 unspecified atom stereocenters. The van der Waals surface area contributed by atoms with Gasteiger partial charge in [0.1, 0.15) is 16.4 Å². The fourth-order valence-electron chi connectivity index (χ4n) is 6.26. The number of hydrogen-bond donors (Lipinski definition) is 2. The van der Waals surface area contributed by atoms with Crippen LogP contribution in [0.2, 0.25) is 5.02 Å². The number of benzene rings is 2. The molecule has 2 aliphatic heterocycles. The Hall–Kier alpha value is -4.09. The number of nitrogens with one attached hydrogen (secondary N) is 1. The predicted molar refractivity (Wildman–Crippen MR) is 182 cm³/mol. The number of anilines is 2. The van der Waals surface area contributed by atoms with Crippen LogP contribution in [0.1, 0.15) is 28.1 Å². The van der Waals surface area contributed by atoms with Gasteiger partial charge in [-0.1, -0.05) is 41.9 Å². The van der Waals surface area contributed by atoms with Gasteiger partial charge in [-0.15, -0.1) is 22.9 Å². The first kappa shape index (κ1) is 30.6. The lowest BCUT2D eigenvalue weighted by Crippen LogP contribution is -2.26. The molecule has 5 aromatic rings. The van der Waals surface area contributed by atoms with E-state index in [2.05, 4.69) is 40.3 Å². The summed E-state index contributed by atoms with van der Waals surface area (Å²) in [5.41, 5.74) is 7.37. The van der Waals surface area contributed by atoms with E-state index in [-0.39, 0.29) is 17.7 Å². The van der Waals surface area contributed by atoms with E-state index in [0.717, 1.165) is 60.8 Å². The zero-order chi connectivity index (χ0) is 31.9. The van der Waals surface area contributed by atoms with Crippen LogP contribution in [0.25, 0.3) is 32.6 Å². The average molecular weight is 674 g/mol. The van der Waals surface area contributed by atoms with Crippen LogP contribution in [-0.2, 0) is 29.2 Å². The van der Waals surface area contributed by atoms with Crippen molar-refractivity contribution in [1.29, 1.82) is 0 Å². The van der Waals surface area contributed by atoms with Gasteiger partial charge in [0.05, 0.1) is 35.4 Å². The summed E-state index contributed by atoms with van der Waals surface area (Å²) in [6, 6.07) is 16.0. The maximum Gasteiger partial charge on any atom is 0.307 e. The smallest absolute Gasteiger partial charge is 0.307 e. The lowest BCUT2D eigenvalue weighted by atomic mass is 9.96. The first-order chi connectivity index (χ1) is 22.3. The number of aromatic nitrogens is 3. The number of thiazole rings is 1. The van der Waals surface area contributed by atoms with Crippen molar-refractivity contribution in [3.63, 3.8) is 0 Å². The SMILES string of the molecule is Cc1c(-c2nc3c(s2)CN(C(=O)CCl)C3)cccc1-c1cccc(Nc2nccc3cc(CN4CC[C@@H](C(=O)O)C4)cnc23)c1Cl. The first-order valence-corrected chi connectivity index (χ1v) is 16.7. The van der Waals surface area contributed by atoms with Crippen molar-refractivity contribution in [2.75, 3.05) is 24.3 Å². The number of fused-ring (bicyclic) bond motifs is 2. The number of likely N-dealkylation sites (tertiary alicyclic amines) is 1. The van der Waals surface area contributed by atoms with Crippen molar-refractivity contribution in [3.05, 3.63) is 87.6 Å². The minimum atomic E-state index is -0.732. The van der Waals surface area contributed by atoms with Crippen LogP contribution in [-0.4, -0.2) is 60.7 Å². The van der Waals surface area contributed by atoms with Gasteiger partial charge >= 0.3 is 5.97 Å². The average Bonchev–Trinajstić information content (AvgIpc) is 3.78. The molecular weight excluding hydrogens is 643 g/mol. The summed E-state index contributed by atoms with van der Waals surface area (Å²) >= 11 is 14.4. The highest BCUT2D eigenvalue weighted by Gasteiger charge is 2.29. The molecule has 12 heteroatoms. The molecule has 1 atom stereocenters. The Balaban J connectivity index is 1.13. The molecule has 46 heavy (non-hydrogen) atoms. The van der Waals surface area contributed by atoms with E-state index in [4.69, 9.17) is 33.2 Å². The van der Waals surface area contributed by atoms with Gasteiger partial charge in [0, 0.05) is 46.9 Å². The molecule has 1 amide bonds.